The highest BCUT2D eigenvalue weighted by molar-refractivity contribution is 5.65. The van der Waals surface area contributed by atoms with Crippen LogP contribution in [-0.4, -0.2) is 39.5 Å². The minimum Gasteiger partial charge on any atom is -0.382 e. The molecule has 1 saturated heterocycles. The number of ether oxygens (including phenoxy) is 4. The van der Waals surface area contributed by atoms with Gasteiger partial charge in [-0.3, -0.25) is 0 Å². The van der Waals surface area contributed by atoms with Crippen LogP contribution < -0.4 is 5.73 Å². The minimum atomic E-state index is -0.926. The summed E-state index contributed by atoms with van der Waals surface area (Å²) in [7, 11) is 0. The second-order valence-electron chi connectivity index (χ2n) is 10.4. The van der Waals surface area contributed by atoms with Gasteiger partial charge in [-0.05, 0) is 35.7 Å². The lowest BCUT2D eigenvalue weighted by Crippen LogP contribution is -2.43. The molecule has 3 aromatic carbocycles. The first-order valence-electron chi connectivity index (χ1n) is 13.8. The standard InChI is InChI=1S/C33H34N4O4/c1-33(29-18-17-27-32(34)35-23-36-37(27)29)31(40-21-26-15-9-4-10-16-26)30(39-20-25-13-7-3-8-14-25)28(41-33)22-38-19-24-11-5-2-6-12-24/h2-18,23,28,30-31H,19-22H2,1H3,(H2,34,35,36)/t28-,30-,31-,33+/m1/s1. The third kappa shape index (κ3) is 5.87. The van der Waals surface area contributed by atoms with Crippen molar-refractivity contribution in [2.45, 2.75) is 50.7 Å². The second kappa shape index (κ2) is 12.2. The summed E-state index contributed by atoms with van der Waals surface area (Å²) in [6, 6.07) is 34.2. The predicted molar refractivity (Wildman–Crippen MR) is 156 cm³/mol. The molecule has 41 heavy (non-hydrogen) atoms. The Labute approximate surface area is 239 Å². The zero-order chi connectivity index (χ0) is 28.1. The van der Waals surface area contributed by atoms with Gasteiger partial charge in [-0.2, -0.15) is 5.10 Å². The van der Waals surface area contributed by atoms with Gasteiger partial charge in [-0.25, -0.2) is 9.50 Å². The van der Waals surface area contributed by atoms with Crippen LogP contribution >= 0.6 is 0 Å². The molecule has 5 aromatic rings. The van der Waals surface area contributed by atoms with E-state index in [1.807, 2.05) is 97.9 Å². The van der Waals surface area contributed by atoms with Gasteiger partial charge in [0.1, 0.15) is 35.8 Å². The van der Waals surface area contributed by atoms with Crippen LogP contribution in [0.1, 0.15) is 29.3 Å². The van der Waals surface area contributed by atoms with Gasteiger partial charge < -0.3 is 24.7 Å². The van der Waals surface area contributed by atoms with Crippen molar-refractivity contribution >= 4 is 11.3 Å². The van der Waals surface area contributed by atoms with Crippen molar-refractivity contribution in [2.75, 3.05) is 12.3 Å². The van der Waals surface area contributed by atoms with Crippen molar-refractivity contribution in [1.82, 2.24) is 14.6 Å². The van der Waals surface area contributed by atoms with E-state index < -0.39 is 23.9 Å². The molecule has 6 rings (SSSR count). The zero-order valence-electron chi connectivity index (χ0n) is 23.0. The number of hydrogen-bond donors (Lipinski definition) is 1. The summed E-state index contributed by atoms with van der Waals surface area (Å²) in [5.74, 6) is 0.397. The molecule has 0 amide bonds. The molecule has 210 valence electrons. The van der Waals surface area contributed by atoms with Crippen molar-refractivity contribution in [3.8, 4) is 0 Å². The van der Waals surface area contributed by atoms with Crippen LogP contribution in [0, 0.1) is 0 Å². The molecule has 0 spiro atoms. The quantitative estimate of drug-likeness (QED) is 0.238. The molecule has 4 atom stereocenters. The molecule has 0 aliphatic carbocycles. The SMILES string of the molecule is C[C@@]1(c2ccc3c(N)ncnn23)O[C@H](COCc2ccccc2)[C@@H](OCc2ccccc2)[C@H]1OCc1ccccc1. The number of nitrogen functional groups attached to an aromatic ring is 1. The highest BCUT2D eigenvalue weighted by Crippen LogP contribution is 2.44. The van der Waals surface area contributed by atoms with E-state index in [9.17, 15) is 0 Å². The molecule has 1 aliphatic rings. The Hall–Kier alpha value is -4.08. The first-order valence-corrected chi connectivity index (χ1v) is 13.8. The van der Waals surface area contributed by atoms with E-state index in [4.69, 9.17) is 24.7 Å². The molecule has 0 unspecified atom stereocenters. The Balaban J connectivity index is 1.33. The van der Waals surface area contributed by atoms with Crippen molar-refractivity contribution in [3.63, 3.8) is 0 Å². The van der Waals surface area contributed by atoms with E-state index in [-0.39, 0.29) is 0 Å². The van der Waals surface area contributed by atoms with Crippen LogP contribution in [-0.2, 0) is 44.4 Å². The highest BCUT2D eigenvalue weighted by Gasteiger charge is 2.56. The average Bonchev–Trinajstić information content (AvgIpc) is 3.57. The number of fused-ring (bicyclic) bond motifs is 1. The Morgan fingerprint density at radius 2 is 1.37 bits per heavy atom. The fourth-order valence-electron chi connectivity index (χ4n) is 5.46. The van der Waals surface area contributed by atoms with E-state index in [0.29, 0.717) is 37.8 Å². The summed E-state index contributed by atoms with van der Waals surface area (Å²) in [5, 5.41) is 4.51. The molecule has 2 N–H and O–H groups in total. The number of nitrogens with two attached hydrogens (primary N) is 1. The largest absolute Gasteiger partial charge is 0.382 e. The lowest BCUT2D eigenvalue weighted by molar-refractivity contribution is -0.118. The summed E-state index contributed by atoms with van der Waals surface area (Å²) in [5.41, 5.74) is 9.99. The maximum atomic E-state index is 6.88. The molecule has 1 aliphatic heterocycles. The lowest BCUT2D eigenvalue weighted by Gasteiger charge is -2.32. The molecule has 3 heterocycles. The lowest BCUT2D eigenvalue weighted by atomic mass is 9.92. The van der Waals surface area contributed by atoms with Crippen molar-refractivity contribution in [1.29, 1.82) is 0 Å². The van der Waals surface area contributed by atoms with E-state index >= 15 is 0 Å². The second-order valence-corrected chi connectivity index (χ2v) is 10.4. The monoisotopic (exact) mass is 550 g/mol. The van der Waals surface area contributed by atoms with Gasteiger partial charge in [0, 0.05) is 0 Å². The fraction of sp³-hybridized carbons (Fsp3) is 0.273. The Kier molecular flexibility index (Phi) is 8.07. The zero-order valence-corrected chi connectivity index (χ0v) is 23.0. The molecular formula is C33H34N4O4. The van der Waals surface area contributed by atoms with Crippen molar-refractivity contribution < 1.29 is 18.9 Å². The Morgan fingerprint density at radius 3 is 2.00 bits per heavy atom. The van der Waals surface area contributed by atoms with E-state index in [0.717, 1.165) is 22.4 Å². The maximum absolute atomic E-state index is 6.88. The number of hydrogen-bond acceptors (Lipinski definition) is 7. The fourth-order valence-corrected chi connectivity index (χ4v) is 5.46. The van der Waals surface area contributed by atoms with E-state index in [2.05, 4.69) is 22.2 Å². The van der Waals surface area contributed by atoms with Crippen molar-refractivity contribution in [2.24, 2.45) is 0 Å². The van der Waals surface area contributed by atoms with Gasteiger partial charge in [0.25, 0.3) is 0 Å². The predicted octanol–water partition coefficient (Wildman–Crippen LogP) is 5.31. The van der Waals surface area contributed by atoms with Gasteiger partial charge in [0.05, 0.1) is 32.1 Å². The molecule has 0 saturated carbocycles. The summed E-state index contributed by atoms with van der Waals surface area (Å²) < 4.78 is 28.2. The van der Waals surface area contributed by atoms with Gasteiger partial charge in [0.2, 0.25) is 0 Å². The number of aromatic nitrogens is 3. The van der Waals surface area contributed by atoms with E-state index in [1.54, 1.807) is 4.52 Å². The molecule has 0 bridgehead atoms. The summed E-state index contributed by atoms with van der Waals surface area (Å²) >= 11 is 0. The normalized spacial score (nSPS) is 22.3. The smallest absolute Gasteiger partial charge is 0.151 e. The third-order valence-electron chi connectivity index (χ3n) is 7.55. The van der Waals surface area contributed by atoms with Gasteiger partial charge >= 0.3 is 0 Å². The molecule has 2 aromatic heterocycles. The Morgan fingerprint density at radius 1 is 0.780 bits per heavy atom. The maximum Gasteiger partial charge on any atom is 0.151 e. The summed E-state index contributed by atoms with van der Waals surface area (Å²) in [6.07, 6.45) is 0.141. The molecule has 8 heteroatoms. The van der Waals surface area contributed by atoms with Crippen molar-refractivity contribution in [3.05, 3.63) is 132 Å². The minimum absolute atomic E-state index is 0.329. The average molecular weight is 551 g/mol. The summed E-state index contributed by atoms with van der Waals surface area (Å²) in [4.78, 5) is 4.16. The summed E-state index contributed by atoms with van der Waals surface area (Å²) in [6.45, 7) is 3.63. The van der Waals surface area contributed by atoms with Crippen LogP contribution in [0.25, 0.3) is 5.52 Å². The first-order chi connectivity index (χ1) is 20.1. The first kappa shape index (κ1) is 27.1. The number of rotatable bonds is 11. The molecule has 1 fully saturated rings. The molecule has 0 radical (unpaired) electrons. The number of nitrogens with zero attached hydrogens (tertiary/aromatic N) is 3. The van der Waals surface area contributed by atoms with Gasteiger partial charge in [-0.15, -0.1) is 0 Å². The number of anilines is 1. The van der Waals surface area contributed by atoms with Crippen LogP contribution in [0.2, 0.25) is 0 Å². The molecular weight excluding hydrogens is 516 g/mol. The van der Waals surface area contributed by atoms with Crippen LogP contribution in [0.5, 0.6) is 0 Å². The highest BCUT2D eigenvalue weighted by atomic mass is 16.6. The third-order valence-corrected chi connectivity index (χ3v) is 7.55. The van der Waals surface area contributed by atoms with Gasteiger partial charge in [0.15, 0.2) is 5.82 Å². The molecule has 8 nitrogen and oxygen atoms in total. The topological polar surface area (TPSA) is 93.1 Å². The Bertz CT molecular complexity index is 1550. The van der Waals surface area contributed by atoms with Crippen LogP contribution in [0.4, 0.5) is 5.82 Å². The number of benzene rings is 3. The van der Waals surface area contributed by atoms with Crippen LogP contribution in [0.3, 0.4) is 0 Å². The van der Waals surface area contributed by atoms with E-state index in [1.165, 1.54) is 6.33 Å². The van der Waals surface area contributed by atoms with Gasteiger partial charge in [-0.1, -0.05) is 91.0 Å². The van der Waals surface area contributed by atoms with Crippen LogP contribution in [0.15, 0.2) is 109 Å².